The minimum Gasteiger partial charge on any atom is -0.301 e. The van der Waals surface area contributed by atoms with Crippen molar-refractivity contribution in [2.45, 2.75) is 65.8 Å². The summed E-state index contributed by atoms with van der Waals surface area (Å²) in [6.45, 7) is 12.6. The predicted octanol–water partition coefficient (Wildman–Crippen LogP) is 5.00. The van der Waals surface area contributed by atoms with Gasteiger partial charge in [-0.2, -0.15) is 4.31 Å². The highest BCUT2D eigenvalue weighted by Gasteiger charge is 2.48. The van der Waals surface area contributed by atoms with E-state index in [0.29, 0.717) is 18.2 Å². The van der Waals surface area contributed by atoms with Crippen molar-refractivity contribution in [3.8, 4) is 11.3 Å². The maximum Gasteiger partial charge on any atom is 0.240 e. The minimum atomic E-state index is -3.30. The third-order valence-corrected chi connectivity index (χ3v) is 10.9. The van der Waals surface area contributed by atoms with Gasteiger partial charge in [0.1, 0.15) is 0 Å². The molecular weight excluding hydrogens is 492 g/mol. The van der Waals surface area contributed by atoms with E-state index in [1.807, 2.05) is 51.1 Å². The maximum atomic E-state index is 13.2. The van der Waals surface area contributed by atoms with Crippen LogP contribution in [0.4, 0.5) is 5.13 Å². The highest BCUT2D eigenvalue weighted by molar-refractivity contribution is 7.89. The summed E-state index contributed by atoms with van der Waals surface area (Å²) in [6.07, 6.45) is 3.74. The molecule has 0 saturated carbocycles. The fraction of sp³-hybridized carbons (Fsp3) is 0.630. The van der Waals surface area contributed by atoms with Crippen LogP contribution in [0.1, 0.15) is 58.3 Å². The second kappa shape index (κ2) is 10.5. The molecule has 2 aliphatic rings. The van der Waals surface area contributed by atoms with Crippen LogP contribution in [-0.2, 0) is 14.8 Å². The highest BCUT2D eigenvalue weighted by Crippen LogP contribution is 2.46. The van der Waals surface area contributed by atoms with E-state index in [0.717, 1.165) is 54.9 Å². The predicted molar refractivity (Wildman–Crippen MR) is 148 cm³/mol. The zero-order chi connectivity index (χ0) is 26.1. The molecule has 36 heavy (non-hydrogen) atoms. The van der Waals surface area contributed by atoms with Crippen molar-refractivity contribution in [3.63, 3.8) is 0 Å². The number of carbonyl (C=O) groups is 1. The number of aromatic nitrogens is 1. The quantitative estimate of drug-likeness (QED) is 0.543. The molecule has 1 spiro atoms. The van der Waals surface area contributed by atoms with Crippen molar-refractivity contribution in [2.75, 3.05) is 37.2 Å². The molecule has 0 radical (unpaired) electrons. The Morgan fingerprint density at radius 3 is 2.42 bits per heavy atom. The number of hydrogen-bond acceptors (Lipinski definition) is 6. The number of hydrogen-bond donors (Lipinski definition) is 1. The molecule has 1 aromatic carbocycles. The number of nitrogens with one attached hydrogen (secondary N) is 1. The van der Waals surface area contributed by atoms with Gasteiger partial charge in [0, 0.05) is 22.5 Å². The van der Waals surface area contributed by atoms with Gasteiger partial charge in [-0.1, -0.05) is 44.2 Å². The number of thiazole rings is 1. The van der Waals surface area contributed by atoms with E-state index in [1.54, 1.807) is 4.31 Å². The number of piperidine rings is 2. The molecule has 2 aromatic rings. The average Bonchev–Trinajstić information content (AvgIpc) is 3.16. The van der Waals surface area contributed by atoms with Gasteiger partial charge in [-0.3, -0.25) is 9.69 Å². The molecule has 0 unspecified atom stereocenters. The van der Waals surface area contributed by atoms with Gasteiger partial charge < -0.3 is 5.32 Å². The zero-order valence-electron chi connectivity index (χ0n) is 22.2. The Hall–Kier alpha value is -1.81. The first-order chi connectivity index (χ1) is 16.9. The van der Waals surface area contributed by atoms with Gasteiger partial charge in [-0.05, 0) is 70.9 Å². The van der Waals surface area contributed by atoms with Crippen LogP contribution in [0.15, 0.2) is 30.3 Å². The topological polar surface area (TPSA) is 82.6 Å². The van der Waals surface area contributed by atoms with Gasteiger partial charge >= 0.3 is 0 Å². The van der Waals surface area contributed by atoms with E-state index in [2.05, 4.69) is 29.0 Å². The van der Waals surface area contributed by atoms with Crippen LogP contribution < -0.4 is 5.32 Å². The third kappa shape index (κ3) is 6.18. The monoisotopic (exact) mass is 532 g/mol. The molecular formula is C27H40N4O3S2. The Kier molecular flexibility index (Phi) is 7.95. The lowest BCUT2D eigenvalue weighted by atomic mass is 9.69. The average molecular weight is 533 g/mol. The van der Waals surface area contributed by atoms with Crippen molar-refractivity contribution in [3.05, 3.63) is 35.2 Å². The summed E-state index contributed by atoms with van der Waals surface area (Å²) in [5.41, 5.74) is 1.62. The number of amides is 1. The van der Waals surface area contributed by atoms with Crippen LogP contribution in [0.3, 0.4) is 0 Å². The van der Waals surface area contributed by atoms with E-state index >= 15 is 0 Å². The molecule has 3 heterocycles. The Balaban J connectivity index is 1.34. The van der Waals surface area contributed by atoms with Gasteiger partial charge in [-0.15, -0.1) is 11.3 Å². The van der Waals surface area contributed by atoms with Crippen molar-refractivity contribution < 1.29 is 13.2 Å². The van der Waals surface area contributed by atoms with Crippen molar-refractivity contribution in [2.24, 2.45) is 11.3 Å². The van der Waals surface area contributed by atoms with Crippen LogP contribution >= 0.6 is 11.3 Å². The van der Waals surface area contributed by atoms with Gasteiger partial charge in [0.05, 0.1) is 18.0 Å². The molecule has 2 saturated heterocycles. The van der Waals surface area contributed by atoms with E-state index in [4.69, 9.17) is 0 Å². The number of sulfonamides is 1. The molecule has 1 amide bonds. The lowest BCUT2D eigenvalue weighted by Crippen LogP contribution is -2.59. The first kappa shape index (κ1) is 27.2. The molecule has 0 atom stereocenters. The largest absolute Gasteiger partial charge is 0.301 e. The summed E-state index contributed by atoms with van der Waals surface area (Å²) in [4.78, 5) is 20.7. The fourth-order valence-electron chi connectivity index (χ4n) is 5.55. The summed E-state index contributed by atoms with van der Waals surface area (Å²) in [6, 6.07) is 10.0. The number of benzene rings is 1. The van der Waals surface area contributed by atoms with Crippen LogP contribution in [0.2, 0.25) is 0 Å². The second-order valence-corrected chi connectivity index (χ2v) is 14.7. The van der Waals surface area contributed by atoms with Gasteiger partial charge in [-0.25, -0.2) is 13.4 Å². The fourth-order valence-corrected chi connectivity index (χ4v) is 8.74. The SMILES string of the molecule is Cc1sc(NC(=O)CN2CCC3(CC2)CCC(C)(C)N(S(=O)(=O)CC(C)C)C3)nc1-c1ccccc1. The van der Waals surface area contributed by atoms with Crippen molar-refractivity contribution in [1.29, 1.82) is 0 Å². The van der Waals surface area contributed by atoms with Crippen LogP contribution in [0.5, 0.6) is 0 Å². The lowest BCUT2D eigenvalue weighted by molar-refractivity contribution is -0.118. The first-order valence-electron chi connectivity index (χ1n) is 12.9. The summed E-state index contributed by atoms with van der Waals surface area (Å²) in [5.74, 6) is 0.251. The Morgan fingerprint density at radius 1 is 1.11 bits per heavy atom. The second-order valence-electron chi connectivity index (χ2n) is 11.6. The van der Waals surface area contributed by atoms with Crippen LogP contribution in [0, 0.1) is 18.3 Å². The normalized spacial score (nSPS) is 20.6. The molecule has 9 heteroatoms. The molecule has 1 aromatic heterocycles. The molecule has 2 fully saturated rings. The van der Waals surface area contributed by atoms with E-state index in [-0.39, 0.29) is 28.5 Å². The Morgan fingerprint density at radius 2 is 1.78 bits per heavy atom. The van der Waals surface area contributed by atoms with Gasteiger partial charge in [0.15, 0.2) is 5.13 Å². The zero-order valence-corrected chi connectivity index (χ0v) is 23.8. The summed E-state index contributed by atoms with van der Waals surface area (Å²) < 4.78 is 28.2. The van der Waals surface area contributed by atoms with Crippen molar-refractivity contribution >= 4 is 32.4 Å². The summed E-state index contributed by atoms with van der Waals surface area (Å²) in [5, 5.41) is 3.62. The molecule has 1 N–H and O–H groups in total. The number of carbonyl (C=O) groups excluding carboxylic acids is 1. The van der Waals surface area contributed by atoms with Crippen molar-refractivity contribution in [1.82, 2.24) is 14.2 Å². The Labute approximate surface area is 220 Å². The first-order valence-corrected chi connectivity index (χ1v) is 15.4. The summed E-state index contributed by atoms with van der Waals surface area (Å²) >= 11 is 1.50. The Bertz CT molecular complexity index is 1170. The van der Waals surface area contributed by atoms with E-state index in [9.17, 15) is 13.2 Å². The molecule has 0 bridgehead atoms. The van der Waals surface area contributed by atoms with Gasteiger partial charge in [0.2, 0.25) is 15.9 Å². The number of aryl methyl sites for hydroxylation is 1. The number of likely N-dealkylation sites (tertiary alicyclic amines) is 1. The molecule has 4 rings (SSSR count). The maximum absolute atomic E-state index is 13.2. The van der Waals surface area contributed by atoms with E-state index in [1.165, 1.54) is 11.3 Å². The minimum absolute atomic E-state index is 0.00352. The number of rotatable bonds is 7. The highest BCUT2D eigenvalue weighted by atomic mass is 32.2. The smallest absolute Gasteiger partial charge is 0.240 e. The van der Waals surface area contributed by atoms with E-state index < -0.39 is 10.0 Å². The van der Waals surface area contributed by atoms with Crippen LogP contribution in [0.25, 0.3) is 11.3 Å². The molecule has 0 aliphatic carbocycles. The molecule has 2 aliphatic heterocycles. The van der Waals surface area contributed by atoms with Gasteiger partial charge in [0.25, 0.3) is 0 Å². The third-order valence-electron chi connectivity index (χ3n) is 7.68. The number of anilines is 1. The number of nitrogens with zero attached hydrogens (tertiary/aromatic N) is 3. The van der Waals surface area contributed by atoms with Crippen LogP contribution in [-0.4, -0.2) is 66.0 Å². The molecule has 7 nitrogen and oxygen atoms in total. The standard InChI is InChI=1S/C27H40N4O3S2/c1-20(2)18-36(33,34)31-19-27(12-11-26(31,4)5)13-15-30(16-14-27)17-23(32)28-25-29-24(21(3)35-25)22-9-7-6-8-10-22/h6-10,20H,11-19H2,1-5H3,(H,28,29,32). The molecule has 198 valence electrons. The lowest BCUT2D eigenvalue weighted by Gasteiger charge is -2.53. The summed E-state index contributed by atoms with van der Waals surface area (Å²) in [7, 11) is -3.30.